The van der Waals surface area contributed by atoms with Crippen molar-refractivity contribution in [2.45, 2.75) is 25.6 Å². The van der Waals surface area contributed by atoms with Gasteiger partial charge in [-0.3, -0.25) is 9.59 Å². The molecular weight excluding hydrogens is 313 g/mol. The van der Waals surface area contributed by atoms with E-state index in [1.54, 1.807) is 6.92 Å². The first kappa shape index (κ1) is 16.2. The number of alkyl halides is 1. The van der Waals surface area contributed by atoms with Crippen LogP contribution in [0.1, 0.15) is 28.2 Å². The molecule has 1 saturated heterocycles. The summed E-state index contributed by atoms with van der Waals surface area (Å²) in [6.45, 7) is 1.77. The minimum atomic E-state index is -2.08. The van der Waals surface area contributed by atoms with Crippen LogP contribution < -0.4 is 5.32 Å². The normalized spacial score (nSPS) is 20.2. The predicted octanol–water partition coefficient (Wildman–Crippen LogP) is 1.85. The van der Waals surface area contributed by atoms with Gasteiger partial charge in [-0.25, -0.2) is 9.37 Å². The smallest absolute Gasteiger partial charge is 0.291 e. The molecule has 2 heterocycles. The summed E-state index contributed by atoms with van der Waals surface area (Å²) in [5.41, 5.74) is -0.749. The van der Waals surface area contributed by atoms with E-state index in [0.717, 1.165) is 5.56 Å². The molecule has 0 bridgehead atoms. The second kappa shape index (κ2) is 6.43. The highest BCUT2D eigenvalue weighted by molar-refractivity contribution is 5.94. The second-order valence-corrected chi connectivity index (χ2v) is 5.88. The molecule has 126 valence electrons. The molecule has 7 heteroatoms. The van der Waals surface area contributed by atoms with E-state index in [-0.39, 0.29) is 31.8 Å². The molecule has 2 aromatic rings. The summed E-state index contributed by atoms with van der Waals surface area (Å²) in [6.07, 6.45) is 1.14. The number of oxazole rings is 1. The van der Waals surface area contributed by atoms with E-state index in [9.17, 15) is 14.0 Å². The van der Waals surface area contributed by atoms with Crippen LogP contribution in [0.4, 0.5) is 4.39 Å². The van der Waals surface area contributed by atoms with Gasteiger partial charge in [-0.15, -0.1) is 0 Å². The molecule has 1 aromatic heterocycles. The third-order valence-electron chi connectivity index (χ3n) is 4.15. The number of hydrogen-bond acceptors (Lipinski definition) is 4. The Bertz CT molecular complexity index is 747. The van der Waals surface area contributed by atoms with Crippen molar-refractivity contribution in [1.82, 2.24) is 15.2 Å². The van der Waals surface area contributed by atoms with Gasteiger partial charge in [-0.2, -0.15) is 0 Å². The van der Waals surface area contributed by atoms with E-state index >= 15 is 0 Å². The van der Waals surface area contributed by atoms with E-state index in [1.165, 1.54) is 11.3 Å². The number of halogens is 1. The molecule has 2 amide bonds. The summed E-state index contributed by atoms with van der Waals surface area (Å²) in [4.78, 5) is 29.7. The molecule has 1 N–H and O–H groups in total. The number of amides is 2. The van der Waals surface area contributed by atoms with Crippen molar-refractivity contribution in [1.29, 1.82) is 0 Å². The lowest BCUT2D eigenvalue weighted by Gasteiger charge is -2.20. The highest BCUT2D eigenvalue weighted by atomic mass is 19.1. The number of carbonyl (C=O) groups is 2. The lowest BCUT2D eigenvalue weighted by Crippen LogP contribution is -2.45. The highest BCUT2D eigenvalue weighted by Crippen LogP contribution is 2.27. The molecule has 24 heavy (non-hydrogen) atoms. The number of nitrogens with one attached hydrogen (secondary N) is 1. The number of aryl methyl sites for hydroxylation is 1. The van der Waals surface area contributed by atoms with Crippen LogP contribution in [0, 0.1) is 6.92 Å². The quantitative estimate of drug-likeness (QED) is 0.928. The van der Waals surface area contributed by atoms with E-state index in [2.05, 4.69) is 10.3 Å². The van der Waals surface area contributed by atoms with Gasteiger partial charge in [0.05, 0.1) is 12.2 Å². The summed E-state index contributed by atoms with van der Waals surface area (Å²) in [7, 11) is 0. The maximum atomic E-state index is 14.9. The van der Waals surface area contributed by atoms with Crippen molar-refractivity contribution >= 4 is 11.8 Å². The van der Waals surface area contributed by atoms with Gasteiger partial charge in [0.15, 0.2) is 6.39 Å². The Balaban J connectivity index is 1.61. The van der Waals surface area contributed by atoms with Crippen LogP contribution in [0.3, 0.4) is 0 Å². The summed E-state index contributed by atoms with van der Waals surface area (Å²) in [5.74, 6) is -1.06. The first-order valence-corrected chi connectivity index (χ1v) is 7.70. The fourth-order valence-electron chi connectivity index (χ4n) is 2.72. The van der Waals surface area contributed by atoms with Crippen LogP contribution in [0.5, 0.6) is 0 Å². The van der Waals surface area contributed by atoms with E-state index in [4.69, 9.17) is 4.42 Å². The molecule has 1 fully saturated rings. The van der Waals surface area contributed by atoms with Crippen LogP contribution in [-0.2, 0) is 11.3 Å². The zero-order valence-corrected chi connectivity index (χ0v) is 13.3. The Kier molecular flexibility index (Phi) is 4.33. The zero-order valence-electron chi connectivity index (χ0n) is 13.3. The van der Waals surface area contributed by atoms with Gasteiger partial charge < -0.3 is 14.6 Å². The predicted molar refractivity (Wildman–Crippen MR) is 83.9 cm³/mol. The fraction of sp³-hybridized carbons (Fsp3) is 0.353. The van der Waals surface area contributed by atoms with Crippen LogP contribution in [0.2, 0.25) is 0 Å². The van der Waals surface area contributed by atoms with Crippen LogP contribution in [0.15, 0.2) is 41.1 Å². The molecule has 6 nitrogen and oxygen atoms in total. The molecule has 0 aliphatic carbocycles. The van der Waals surface area contributed by atoms with Crippen LogP contribution in [0.25, 0.3) is 0 Å². The van der Waals surface area contributed by atoms with Gasteiger partial charge in [0.2, 0.25) is 11.4 Å². The molecule has 0 radical (unpaired) electrons. The van der Waals surface area contributed by atoms with Crippen molar-refractivity contribution in [3.8, 4) is 0 Å². The lowest BCUT2D eigenvalue weighted by atomic mass is 10.0. The number of rotatable bonds is 4. The largest absolute Gasteiger partial charge is 0.438 e. The number of hydrogen-bond donors (Lipinski definition) is 1. The first-order valence-electron chi connectivity index (χ1n) is 7.70. The average molecular weight is 331 g/mol. The van der Waals surface area contributed by atoms with Crippen molar-refractivity contribution in [2.24, 2.45) is 0 Å². The van der Waals surface area contributed by atoms with Crippen molar-refractivity contribution in [2.75, 3.05) is 13.1 Å². The van der Waals surface area contributed by atoms with Gasteiger partial charge >= 0.3 is 0 Å². The molecule has 0 saturated carbocycles. The van der Waals surface area contributed by atoms with Gasteiger partial charge in [0.25, 0.3) is 11.8 Å². The molecule has 1 aliphatic rings. The average Bonchev–Trinajstić information content (AvgIpc) is 3.20. The third-order valence-corrected chi connectivity index (χ3v) is 4.15. The number of benzene rings is 1. The SMILES string of the molecule is Cc1ncoc1C(=O)N1CCC(F)(C(=O)NCc2ccccc2)C1. The Morgan fingerprint density at radius 3 is 2.79 bits per heavy atom. The summed E-state index contributed by atoms with van der Waals surface area (Å²) in [6, 6.07) is 9.27. The van der Waals surface area contributed by atoms with Crippen molar-refractivity contribution in [3.63, 3.8) is 0 Å². The van der Waals surface area contributed by atoms with E-state index in [0.29, 0.717) is 5.69 Å². The number of likely N-dealkylation sites (tertiary alicyclic amines) is 1. The van der Waals surface area contributed by atoms with Gasteiger partial charge in [-0.05, 0) is 12.5 Å². The van der Waals surface area contributed by atoms with Crippen LogP contribution >= 0.6 is 0 Å². The third kappa shape index (κ3) is 3.15. The van der Waals surface area contributed by atoms with Gasteiger partial charge in [0.1, 0.15) is 0 Å². The Labute approximate surface area is 138 Å². The molecule has 1 atom stereocenters. The molecule has 1 aromatic carbocycles. The zero-order chi connectivity index (χ0) is 17.2. The lowest BCUT2D eigenvalue weighted by molar-refractivity contribution is -0.132. The second-order valence-electron chi connectivity index (χ2n) is 5.88. The maximum Gasteiger partial charge on any atom is 0.291 e. The topological polar surface area (TPSA) is 75.4 Å². The minimum absolute atomic E-state index is 0.0352. The first-order chi connectivity index (χ1) is 11.5. The maximum absolute atomic E-state index is 14.9. The van der Waals surface area contributed by atoms with E-state index < -0.39 is 17.5 Å². The van der Waals surface area contributed by atoms with Gasteiger partial charge in [0, 0.05) is 19.5 Å². The number of nitrogens with zero attached hydrogens (tertiary/aromatic N) is 2. The number of aromatic nitrogens is 1. The standard InChI is InChI=1S/C17H18FN3O3/c1-12-14(24-11-20-12)15(22)21-8-7-17(18,10-21)16(23)19-9-13-5-3-2-4-6-13/h2-6,11H,7-10H2,1H3,(H,19,23). The monoisotopic (exact) mass is 331 g/mol. The molecule has 0 spiro atoms. The fourth-order valence-corrected chi connectivity index (χ4v) is 2.72. The summed E-state index contributed by atoms with van der Waals surface area (Å²) in [5, 5.41) is 2.60. The molecule has 3 rings (SSSR count). The summed E-state index contributed by atoms with van der Waals surface area (Å²) >= 11 is 0. The molecule has 1 unspecified atom stereocenters. The molecular formula is C17H18FN3O3. The van der Waals surface area contributed by atoms with Crippen LogP contribution in [-0.4, -0.2) is 40.5 Å². The molecule has 1 aliphatic heterocycles. The summed E-state index contributed by atoms with van der Waals surface area (Å²) < 4.78 is 20.0. The van der Waals surface area contributed by atoms with Crippen molar-refractivity contribution in [3.05, 3.63) is 53.7 Å². The number of carbonyl (C=O) groups excluding carboxylic acids is 2. The highest BCUT2D eigenvalue weighted by Gasteiger charge is 2.47. The Hall–Kier alpha value is -2.70. The van der Waals surface area contributed by atoms with Gasteiger partial charge in [-0.1, -0.05) is 30.3 Å². The van der Waals surface area contributed by atoms with Crippen molar-refractivity contribution < 1.29 is 18.4 Å². The minimum Gasteiger partial charge on any atom is -0.438 e. The van der Waals surface area contributed by atoms with E-state index in [1.807, 2.05) is 30.3 Å². The Morgan fingerprint density at radius 1 is 1.38 bits per heavy atom. The Morgan fingerprint density at radius 2 is 2.12 bits per heavy atom.